The van der Waals surface area contributed by atoms with Crippen LogP contribution in [0.1, 0.15) is 30.1 Å². The average Bonchev–Trinajstić information content (AvgIpc) is 3.54. The lowest BCUT2D eigenvalue weighted by atomic mass is 9.94. The molecule has 0 saturated heterocycles. The van der Waals surface area contributed by atoms with E-state index in [9.17, 15) is 23.5 Å². The van der Waals surface area contributed by atoms with E-state index in [1.54, 1.807) is 37.3 Å². The number of rotatable bonds is 5. The molecule has 1 aliphatic heterocycles. The number of carboxylic acid groups (broad SMARTS) is 1. The van der Waals surface area contributed by atoms with Crippen LogP contribution < -0.4 is 4.48 Å². The maximum atomic E-state index is 15.1. The Morgan fingerprint density at radius 3 is 2.38 bits per heavy atom. The van der Waals surface area contributed by atoms with Crippen molar-refractivity contribution in [3.05, 3.63) is 70.0 Å². The molecule has 4 rings (SSSR count). The molecule has 2 aromatic rings. The molecule has 2 aromatic carbocycles. The van der Waals surface area contributed by atoms with E-state index < -0.39 is 40.3 Å². The quantitative estimate of drug-likeness (QED) is 0.426. The van der Waals surface area contributed by atoms with Gasteiger partial charge in [-0.15, -0.1) is 0 Å². The Kier molecular flexibility index (Phi) is 4.78. The topological polar surface area (TPSA) is 54.4 Å². The molecule has 1 unspecified atom stereocenters. The number of thioether (sulfide) groups is 1. The van der Waals surface area contributed by atoms with Crippen LogP contribution in [0.15, 0.2) is 51.9 Å². The minimum absolute atomic E-state index is 0.135. The molecule has 4 nitrogen and oxygen atoms in total. The standard InChI is InChI=1S/C21H16F3NO3S/c1-2-25(11-8-9-11)18-13(10-14(22)16(23)17(18)24)19(26)15(21(27)28)20(25)29-12-6-4-3-5-7-12/h3-7,10-11H,2,8-9H2,1H3/p+1. The van der Waals surface area contributed by atoms with E-state index in [1.165, 1.54) is 0 Å². The molecule has 1 aliphatic carbocycles. The molecule has 1 heterocycles. The van der Waals surface area contributed by atoms with E-state index in [0.717, 1.165) is 11.8 Å². The van der Waals surface area contributed by atoms with Gasteiger partial charge in [-0.1, -0.05) is 18.2 Å². The van der Waals surface area contributed by atoms with E-state index >= 15 is 4.39 Å². The summed E-state index contributed by atoms with van der Waals surface area (Å²) in [5.74, 6) is -7.08. The summed E-state index contributed by atoms with van der Waals surface area (Å²) in [7, 11) is 0. The first-order chi connectivity index (χ1) is 13.8. The molecule has 0 bridgehead atoms. The highest BCUT2D eigenvalue weighted by Crippen LogP contribution is 2.54. The van der Waals surface area contributed by atoms with Crippen molar-refractivity contribution in [3.8, 4) is 0 Å². The summed E-state index contributed by atoms with van der Waals surface area (Å²) in [6.07, 6.45) is 1.32. The second kappa shape index (κ2) is 7.03. The Balaban J connectivity index is 2.07. The number of Topliss-reactive ketones (excluding diaryl/α,β-unsaturated/α-hetero) is 1. The first-order valence-corrected chi connectivity index (χ1v) is 9.96. The van der Waals surface area contributed by atoms with Crippen LogP contribution in [0, 0.1) is 17.5 Å². The fraction of sp³-hybridized carbons (Fsp3) is 0.238. The van der Waals surface area contributed by atoms with Crippen molar-refractivity contribution in [1.82, 2.24) is 4.48 Å². The summed E-state index contributed by atoms with van der Waals surface area (Å²) in [6.45, 7) is 1.92. The van der Waals surface area contributed by atoms with Gasteiger partial charge in [0.05, 0.1) is 18.2 Å². The smallest absolute Gasteiger partial charge is 0.346 e. The fourth-order valence-corrected chi connectivity index (χ4v) is 5.36. The molecule has 0 spiro atoms. The predicted molar refractivity (Wildman–Crippen MR) is 103 cm³/mol. The number of carbonyl (C=O) groups excluding carboxylic acids is 1. The number of hydrogen-bond donors (Lipinski definition) is 1. The molecule has 0 radical (unpaired) electrons. The number of aliphatic carboxylic acids is 1. The third-order valence-corrected chi connectivity index (χ3v) is 6.66. The zero-order valence-corrected chi connectivity index (χ0v) is 16.2. The van der Waals surface area contributed by atoms with E-state index in [4.69, 9.17) is 0 Å². The number of carbonyl (C=O) groups is 2. The monoisotopic (exact) mass is 420 g/mol. The molecule has 1 N–H and O–H groups in total. The highest BCUT2D eigenvalue weighted by molar-refractivity contribution is 8.03. The molecule has 0 aromatic heterocycles. The Hall–Kier alpha value is -2.58. The number of nitrogens with zero attached hydrogens (tertiary/aromatic N) is 1. The lowest BCUT2D eigenvalue weighted by Gasteiger charge is -2.42. The summed E-state index contributed by atoms with van der Waals surface area (Å²) in [5, 5.41) is 9.98. The first-order valence-electron chi connectivity index (χ1n) is 9.14. The highest BCUT2D eigenvalue weighted by Gasteiger charge is 2.58. The zero-order valence-electron chi connectivity index (χ0n) is 15.4. The molecule has 0 amide bonds. The molecule has 1 saturated carbocycles. The maximum Gasteiger partial charge on any atom is 0.346 e. The predicted octanol–water partition coefficient (Wildman–Crippen LogP) is 4.88. The number of benzene rings is 2. The van der Waals surface area contributed by atoms with Crippen molar-refractivity contribution in [2.75, 3.05) is 6.54 Å². The molecule has 8 heteroatoms. The van der Waals surface area contributed by atoms with Gasteiger partial charge in [0.25, 0.3) is 0 Å². The van der Waals surface area contributed by atoms with Crippen molar-refractivity contribution in [1.29, 1.82) is 0 Å². The fourth-order valence-electron chi connectivity index (χ4n) is 4.03. The molecule has 1 atom stereocenters. The Labute approximate surface area is 169 Å². The SMILES string of the molecule is CC[N+]1(C2CC2)C(Sc2ccccc2)=C(C(=O)O)C(=O)c2cc(F)c(F)c(F)c21. The minimum atomic E-state index is -1.66. The van der Waals surface area contributed by atoms with Gasteiger partial charge in [-0.2, -0.15) is 4.39 Å². The van der Waals surface area contributed by atoms with Crippen LogP contribution >= 0.6 is 11.8 Å². The number of carboxylic acids is 1. The summed E-state index contributed by atoms with van der Waals surface area (Å²) in [5.41, 5.74) is -1.22. The molecule has 29 heavy (non-hydrogen) atoms. The third kappa shape index (κ3) is 2.89. The first kappa shape index (κ1) is 19.7. The summed E-state index contributed by atoms with van der Waals surface area (Å²) < 4.78 is 42.9. The van der Waals surface area contributed by atoms with Gasteiger partial charge in [0.15, 0.2) is 22.1 Å². The Morgan fingerprint density at radius 1 is 1.17 bits per heavy atom. The van der Waals surface area contributed by atoms with E-state index in [-0.39, 0.29) is 27.8 Å². The van der Waals surface area contributed by atoms with Gasteiger partial charge in [0, 0.05) is 17.7 Å². The van der Waals surface area contributed by atoms with Crippen molar-refractivity contribution >= 4 is 29.2 Å². The minimum Gasteiger partial charge on any atom is -0.477 e. The van der Waals surface area contributed by atoms with Crippen LogP contribution in [-0.4, -0.2) is 29.4 Å². The number of quaternary nitrogens is 1. The number of ketones is 1. The zero-order chi connectivity index (χ0) is 20.9. The Bertz CT molecular complexity index is 1070. The van der Waals surface area contributed by atoms with Crippen LogP contribution in [0.2, 0.25) is 0 Å². The molecule has 2 aliphatic rings. The lowest BCUT2D eigenvalue weighted by Crippen LogP contribution is -2.54. The molecular weight excluding hydrogens is 403 g/mol. The highest BCUT2D eigenvalue weighted by atomic mass is 32.2. The number of fused-ring (bicyclic) bond motifs is 1. The van der Waals surface area contributed by atoms with E-state index in [0.29, 0.717) is 23.8 Å². The number of hydrogen-bond acceptors (Lipinski definition) is 3. The van der Waals surface area contributed by atoms with Crippen molar-refractivity contribution in [2.24, 2.45) is 0 Å². The Morgan fingerprint density at radius 2 is 1.83 bits per heavy atom. The molecular formula is C21H17F3NO3S+. The average molecular weight is 420 g/mol. The van der Waals surface area contributed by atoms with Crippen LogP contribution in [0.4, 0.5) is 18.9 Å². The third-order valence-electron chi connectivity index (χ3n) is 5.42. The lowest BCUT2D eigenvalue weighted by molar-refractivity contribution is -0.132. The van der Waals surface area contributed by atoms with Gasteiger partial charge < -0.3 is 5.11 Å². The van der Waals surface area contributed by atoms with E-state index in [1.807, 2.05) is 0 Å². The van der Waals surface area contributed by atoms with E-state index in [2.05, 4.69) is 0 Å². The van der Waals surface area contributed by atoms with Crippen molar-refractivity contribution in [3.63, 3.8) is 0 Å². The largest absolute Gasteiger partial charge is 0.477 e. The second-order valence-corrected chi connectivity index (χ2v) is 8.09. The normalized spacial score (nSPS) is 21.3. The number of halogens is 3. The van der Waals surface area contributed by atoms with Gasteiger partial charge in [0.1, 0.15) is 0 Å². The van der Waals surface area contributed by atoms with Crippen LogP contribution in [0.25, 0.3) is 0 Å². The van der Waals surface area contributed by atoms with Crippen molar-refractivity contribution < 1.29 is 27.9 Å². The van der Waals surface area contributed by atoms with Crippen LogP contribution in [0.5, 0.6) is 0 Å². The van der Waals surface area contributed by atoms with Gasteiger partial charge in [-0.25, -0.2) is 18.1 Å². The van der Waals surface area contributed by atoms with Crippen LogP contribution in [0.3, 0.4) is 0 Å². The van der Waals surface area contributed by atoms with Gasteiger partial charge in [0.2, 0.25) is 17.4 Å². The summed E-state index contributed by atoms with van der Waals surface area (Å²) in [4.78, 5) is 25.8. The van der Waals surface area contributed by atoms with Crippen molar-refractivity contribution in [2.45, 2.75) is 30.7 Å². The van der Waals surface area contributed by atoms with Crippen LogP contribution in [-0.2, 0) is 4.79 Å². The summed E-state index contributed by atoms with van der Waals surface area (Å²) >= 11 is 1.05. The maximum absolute atomic E-state index is 15.1. The molecule has 1 fully saturated rings. The van der Waals surface area contributed by atoms with Gasteiger partial charge in [-0.05, 0) is 36.9 Å². The van der Waals surface area contributed by atoms with Gasteiger partial charge in [-0.3, -0.25) is 4.79 Å². The van der Waals surface area contributed by atoms with Gasteiger partial charge >= 0.3 is 5.97 Å². The molecule has 150 valence electrons. The summed E-state index contributed by atoms with van der Waals surface area (Å²) in [6, 6.07) is 9.20. The second-order valence-electron chi connectivity index (χ2n) is 7.03.